The predicted molar refractivity (Wildman–Crippen MR) is 546 cm³/mol. The van der Waals surface area contributed by atoms with E-state index in [1.807, 2.05) is 19.6 Å². The van der Waals surface area contributed by atoms with Crippen LogP contribution in [0.1, 0.15) is 299 Å². The van der Waals surface area contributed by atoms with Crippen LogP contribution in [0.25, 0.3) is 0 Å². The number of hydrogen-bond acceptors (Lipinski definition) is 21. The van der Waals surface area contributed by atoms with Crippen molar-refractivity contribution >= 4 is 52.1 Å². The van der Waals surface area contributed by atoms with Crippen LogP contribution in [0.15, 0.2) is 0 Å². The van der Waals surface area contributed by atoms with Gasteiger partial charge in [-0.05, 0) is 201 Å². The average Bonchev–Trinajstić information content (AvgIpc) is 1.56. The summed E-state index contributed by atoms with van der Waals surface area (Å²) in [6.45, 7) is 70.2. The fraction of sp³-hybridized carbons (Fsp3) is 0.934. The number of nitrogens with one attached hydrogen (secondary N) is 2. The number of carbonyl (C=O) groups is 7. The first kappa shape index (κ1) is 118. The van der Waals surface area contributed by atoms with Gasteiger partial charge in [-0.1, -0.05) is 138 Å². The van der Waals surface area contributed by atoms with Gasteiger partial charge in [0.2, 0.25) is 41.4 Å². The summed E-state index contributed by atoms with van der Waals surface area (Å²) in [7, 11) is 7.67. The number of amides is 7. The molecule has 13 aliphatic heterocycles. The first-order chi connectivity index (χ1) is 63.5. The Morgan fingerprint density at radius 3 is 1.12 bits per heavy atom. The van der Waals surface area contributed by atoms with E-state index in [1.54, 1.807) is 7.05 Å². The van der Waals surface area contributed by atoms with Crippen molar-refractivity contribution in [1.29, 1.82) is 0 Å². The molecule has 0 aliphatic carbocycles. The van der Waals surface area contributed by atoms with Crippen LogP contribution in [0.4, 0.5) is 0 Å². The summed E-state index contributed by atoms with van der Waals surface area (Å²) in [5, 5.41) is 6.31. The summed E-state index contributed by atoms with van der Waals surface area (Å²) in [6, 6.07) is 4.85. The quantitative estimate of drug-likeness (QED) is 0.102. The first-order valence-corrected chi connectivity index (χ1v) is 54.8. The molecule has 0 aromatic carbocycles. The number of likely N-dealkylation sites (N-methyl/N-ethyl adjacent to an activating group) is 4. The Morgan fingerprint density at radius 2 is 0.748 bits per heavy atom. The van der Waals surface area contributed by atoms with E-state index in [-0.39, 0.29) is 50.7 Å². The zero-order valence-electron chi connectivity index (χ0n) is 90.2. The van der Waals surface area contributed by atoms with Crippen LogP contribution in [-0.4, -0.2) is 402 Å². The van der Waals surface area contributed by atoms with Gasteiger partial charge >= 0.3 is 0 Å². The van der Waals surface area contributed by atoms with Gasteiger partial charge in [0, 0.05) is 248 Å². The standard InChI is InChI=1S/C18H33N3O2.C16H30N2O3.2C16H30N2O2.C15H28N2O2S.C15H28N2O2.C10H21NO/c1-18(2,3)12-16(22)20-10-7-14(8-11-20)13-21-9-5-6-15(21)17(23)19-4;1-16(2,3)11-14(19)18-7-5-13(6-8-18)17(4)12-15-20-9-10-21-15;1-16(2,3)11-15(19)18-8-5-13(6-9-18)17(4)14-7-10-20-12-14;1-16(2,3)13-15(19)18-8-5-14(6-9-18)17-7-4-11-20-12-10-17;1-15(2,3)12-14(18)17-6-4-13(5-7-17)16-8-10-20(19)11-9-16;1-15(2,3)9-14(18)17-7-5-12(6-8-17)16(4)13-10-19-11-13;1-9(2)5-6-11-10-4-3-7-12-8-10/h14-15H,5-13H2,1-4H3,(H,19,23);13,15H,5-12H2,1-4H3;13-14H,5-12H2,1-4H3;14H,4-13H2,1-3H3;13H,4-12H2,1-3H3;12-13H,5-11H2,1-4H3;9-11H,3-8H2,1-2H3/t15-;;14-;;;;10-/m0.0...1/s1. The fourth-order valence-electron chi connectivity index (χ4n) is 20.6. The molecule has 784 valence electrons. The Bertz CT molecular complexity index is 3350. The van der Waals surface area contributed by atoms with Gasteiger partial charge in [-0.25, -0.2) is 0 Å². The summed E-state index contributed by atoms with van der Waals surface area (Å²) >= 11 is 0. The lowest BCUT2D eigenvalue weighted by Gasteiger charge is -2.43. The third-order valence-corrected chi connectivity index (χ3v) is 30.2. The topological polar surface area (TPSA) is 255 Å². The van der Waals surface area contributed by atoms with Crippen LogP contribution in [0.2, 0.25) is 0 Å². The number of hydrogen-bond donors (Lipinski definition) is 2. The van der Waals surface area contributed by atoms with E-state index < -0.39 is 10.8 Å². The molecular formula is C106H200N14O14S. The second-order valence-corrected chi connectivity index (χ2v) is 50.9. The van der Waals surface area contributed by atoms with Crippen LogP contribution >= 0.6 is 0 Å². The molecule has 0 aromatic rings. The smallest absolute Gasteiger partial charge is 0.237 e. The molecule has 13 fully saturated rings. The van der Waals surface area contributed by atoms with E-state index in [2.05, 4.69) is 209 Å². The Kier molecular flexibility index (Phi) is 50.7. The zero-order valence-corrected chi connectivity index (χ0v) is 91.0. The largest absolute Gasteiger partial charge is 0.380 e. The van der Waals surface area contributed by atoms with Crippen LogP contribution in [0.5, 0.6) is 0 Å². The molecule has 0 radical (unpaired) electrons. The minimum atomic E-state index is -0.597. The van der Waals surface area contributed by atoms with E-state index >= 15 is 0 Å². The maximum atomic E-state index is 12.3. The molecule has 0 aromatic heterocycles. The third-order valence-electron chi connectivity index (χ3n) is 28.9. The molecule has 29 heteroatoms. The molecule has 13 saturated heterocycles. The van der Waals surface area contributed by atoms with Crippen molar-refractivity contribution < 1.29 is 66.2 Å². The molecule has 0 unspecified atom stereocenters. The van der Waals surface area contributed by atoms with Crippen LogP contribution in [0, 0.1) is 44.3 Å². The first-order valence-electron chi connectivity index (χ1n) is 53.3. The highest BCUT2D eigenvalue weighted by atomic mass is 32.2. The second kappa shape index (κ2) is 58.0. The Morgan fingerprint density at radius 1 is 0.370 bits per heavy atom. The van der Waals surface area contributed by atoms with E-state index in [1.165, 1.54) is 19.3 Å². The molecule has 13 heterocycles. The molecule has 135 heavy (non-hydrogen) atoms. The summed E-state index contributed by atoms with van der Waals surface area (Å²) in [5.74, 6) is 5.08. The number of ether oxygens (including phenoxy) is 6. The Balaban J connectivity index is 0.000000216. The van der Waals surface area contributed by atoms with Crippen LogP contribution < -0.4 is 10.6 Å². The van der Waals surface area contributed by atoms with Crippen LogP contribution in [-0.2, 0) is 72.8 Å². The van der Waals surface area contributed by atoms with Gasteiger partial charge in [-0.2, -0.15) is 0 Å². The van der Waals surface area contributed by atoms with Gasteiger partial charge in [-0.15, -0.1) is 0 Å². The van der Waals surface area contributed by atoms with Gasteiger partial charge in [-0.3, -0.25) is 67.2 Å². The molecule has 0 saturated carbocycles. The minimum absolute atomic E-state index is 0.0561. The lowest BCUT2D eigenvalue weighted by atomic mass is 9.90. The molecule has 13 rings (SSSR count). The Labute approximate surface area is 823 Å². The summed E-state index contributed by atoms with van der Waals surface area (Å²) in [4.78, 5) is 112. The monoisotopic (exact) mass is 1930 g/mol. The van der Waals surface area contributed by atoms with E-state index in [0.717, 1.165) is 304 Å². The van der Waals surface area contributed by atoms with E-state index in [4.69, 9.17) is 28.4 Å². The molecule has 2 N–H and O–H groups in total. The summed E-state index contributed by atoms with van der Waals surface area (Å²) in [6.07, 6.45) is 25.0. The minimum Gasteiger partial charge on any atom is -0.380 e. The molecule has 28 nitrogen and oxygen atoms in total. The van der Waals surface area contributed by atoms with Crippen LogP contribution in [0.3, 0.4) is 0 Å². The maximum Gasteiger partial charge on any atom is 0.237 e. The molecule has 0 spiro atoms. The molecule has 7 amide bonds. The van der Waals surface area contributed by atoms with E-state index in [9.17, 15) is 37.8 Å². The third kappa shape index (κ3) is 46.0. The fourth-order valence-corrected chi connectivity index (χ4v) is 21.7. The summed E-state index contributed by atoms with van der Waals surface area (Å²) in [5.41, 5.74) is 0.479. The SMILES string of the molecule is CC(C)(C)CC(=O)N1CCC(N2CCCOCC2)CC1.CC(C)(C)CC(=O)N1CCC(N2CCS(=O)CC2)CC1.CC(C)CCN[C@@H]1CCCOC1.CN(C1CCN(C(=O)CC(C)(C)C)CC1)C1COC1.CN(C1CCN(C(=O)CC(C)(C)C)CC1)[C@H]1CCOC1.CN(CC1OCCO1)C1CCN(C(=O)CC(C)(C)C)CC1.CNC(=O)[C@@H]1CCCN1CC1CCN(C(=O)CC(C)(C)C)CC1. The second-order valence-electron chi connectivity index (χ2n) is 49.2. The van der Waals surface area contributed by atoms with Crippen molar-refractivity contribution in [3.8, 4) is 0 Å². The number of piperidine rings is 6. The lowest BCUT2D eigenvalue weighted by Crippen LogP contribution is -2.54. The predicted octanol–water partition coefficient (Wildman–Crippen LogP) is 12.9. The molecule has 13 aliphatic rings. The highest BCUT2D eigenvalue weighted by Gasteiger charge is 2.40. The van der Waals surface area contributed by atoms with Gasteiger partial charge in [0.15, 0.2) is 6.29 Å². The molecule has 0 bridgehead atoms. The van der Waals surface area contributed by atoms with Gasteiger partial charge in [0.25, 0.3) is 0 Å². The van der Waals surface area contributed by atoms with Crippen molar-refractivity contribution in [2.75, 3.05) is 237 Å². The molecule has 3 atom stereocenters. The highest BCUT2D eigenvalue weighted by Crippen LogP contribution is 2.33. The van der Waals surface area contributed by atoms with Gasteiger partial charge in [0.05, 0.1) is 58.3 Å². The van der Waals surface area contributed by atoms with Crippen molar-refractivity contribution in [1.82, 2.24) is 69.4 Å². The van der Waals surface area contributed by atoms with Crippen molar-refractivity contribution in [3.05, 3.63) is 0 Å². The number of rotatable bonds is 22. The normalized spacial score (nSPS) is 23.8. The van der Waals surface area contributed by atoms with Crippen molar-refractivity contribution in [2.24, 2.45) is 44.3 Å². The average molecular weight is 1930 g/mol. The van der Waals surface area contributed by atoms with Crippen molar-refractivity contribution in [3.63, 3.8) is 0 Å². The number of likely N-dealkylation sites (tertiary alicyclic amines) is 7. The lowest BCUT2D eigenvalue weighted by molar-refractivity contribution is -0.136. The van der Waals surface area contributed by atoms with Crippen molar-refractivity contribution in [2.45, 2.75) is 360 Å². The van der Waals surface area contributed by atoms with Gasteiger partial charge in [0.1, 0.15) is 0 Å². The van der Waals surface area contributed by atoms with E-state index in [0.29, 0.717) is 141 Å². The molecular weight excluding hydrogens is 1730 g/mol. The Hall–Kier alpha value is -4.08. The number of carbonyl (C=O) groups excluding carboxylic acids is 7. The zero-order chi connectivity index (χ0) is 99.4. The summed E-state index contributed by atoms with van der Waals surface area (Å²) < 4.78 is 44.0. The maximum absolute atomic E-state index is 12.3. The number of nitrogens with zero attached hydrogens (tertiary/aromatic N) is 12. The highest BCUT2D eigenvalue weighted by molar-refractivity contribution is 7.85. The van der Waals surface area contributed by atoms with Gasteiger partial charge < -0.3 is 68.5 Å².